The van der Waals surface area contributed by atoms with Crippen LogP contribution in [-0.2, 0) is 6.54 Å². The van der Waals surface area contributed by atoms with Gasteiger partial charge >= 0.3 is 0 Å². The lowest BCUT2D eigenvalue weighted by Crippen LogP contribution is -2.40. The summed E-state index contributed by atoms with van der Waals surface area (Å²) in [6.45, 7) is 9.23. The Bertz CT molecular complexity index is 368. The molecule has 17 heavy (non-hydrogen) atoms. The highest BCUT2D eigenvalue weighted by Crippen LogP contribution is 2.02. The predicted octanol–water partition coefficient (Wildman–Crippen LogP) is 2.04. The highest BCUT2D eigenvalue weighted by molar-refractivity contribution is 5.31. The lowest BCUT2D eigenvalue weighted by Gasteiger charge is -2.20. The van der Waals surface area contributed by atoms with Crippen molar-refractivity contribution in [1.29, 1.82) is 5.26 Å². The Morgan fingerprint density at radius 3 is 2.29 bits per heavy atom. The van der Waals surface area contributed by atoms with Gasteiger partial charge in [0, 0.05) is 25.2 Å². The van der Waals surface area contributed by atoms with Crippen LogP contribution >= 0.6 is 0 Å². The van der Waals surface area contributed by atoms with Gasteiger partial charge in [0.15, 0.2) is 0 Å². The molecule has 0 radical (unpaired) electrons. The van der Waals surface area contributed by atoms with Crippen LogP contribution in [0.5, 0.6) is 0 Å². The molecule has 92 valence electrons. The molecule has 0 saturated carbocycles. The molecule has 2 N–H and O–H groups in total. The van der Waals surface area contributed by atoms with Crippen LogP contribution in [0.1, 0.15) is 31.9 Å². The number of nitrogens with one attached hydrogen (secondary N) is 2. The third kappa shape index (κ3) is 6.06. The quantitative estimate of drug-likeness (QED) is 0.762. The second-order valence-corrected chi connectivity index (χ2v) is 5.16. The van der Waals surface area contributed by atoms with Crippen LogP contribution in [0.15, 0.2) is 24.3 Å². The summed E-state index contributed by atoms with van der Waals surface area (Å²) in [7, 11) is 0. The molecule has 3 heteroatoms. The fourth-order valence-corrected chi connectivity index (χ4v) is 1.46. The molecule has 3 nitrogen and oxygen atoms in total. The van der Waals surface area contributed by atoms with E-state index in [2.05, 4.69) is 37.5 Å². The maximum Gasteiger partial charge on any atom is 0.0991 e. The summed E-state index contributed by atoms with van der Waals surface area (Å²) in [5.41, 5.74) is 2.10. The number of hydrogen-bond donors (Lipinski definition) is 2. The lowest BCUT2D eigenvalue weighted by molar-refractivity contribution is 0.421. The molecule has 0 aliphatic heterocycles. The number of benzene rings is 1. The van der Waals surface area contributed by atoms with Crippen molar-refractivity contribution in [3.63, 3.8) is 0 Å². The van der Waals surface area contributed by atoms with Gasteiger partial charge in [0.2, 0.25) is 0 Å². The van der Waals surface area contributed by atoms with Crippen molar-refractivity contribution < 1.29 is 0 Å². The Morgan fingerprint density at radius 2 is 1.76 bits per heavy atom. The molecule has 0 saturated heterocycles. The minimum absolute atomic E-state index is 0.177. The molecule has 0 unspecified atom stereocenters. The molecule has 1 aromatic carbocycles. The van der Waals surface area contributed by atoms with Gasteiger partial charge in [-0.25, -0.2) is 0 Å². The molecule has 0 bridgehead atoms. The van der Waals surface area contributed by atoms with E-state index in [-0.39, 0.29) is 5.54 Å². The largest absolute Gasteiger partial charge is 0.311 e. The van der Waals surface area contributed by atoms with E-state index in [1.165, 1.54) is 5.56 Å². The van der Waals surface area contributed by atoms with E-state index in [9.17, 15) is 0 Å². The van der Waals surface area contributed by atoms with E-state index in [0.717, 1.165) is 19.6 Å². The average molecular weight is 231 g/mol. The third-order valence-corrected chi connectivity index (χ3v) is 2.37. The molecular formula is C14H21N3. The van der Waals surface area contributed by atoms with Crippen LogP contribution in [0.3, 0.4) is 0 Å². The minimum Gasteiger partial charge on any atom is -0.311 e. The lowest BCUT2D eigenvalue weighted by atomic mass is 10.1. The maximum atomic E-state index is 8.68. The van der Waals surface area contributed by atoms with Gasteiger partial charge in [0.1, 0.15) is 0 Å². The zero-order chi connectivity index (χ0) is 12.7. The summed E-state index contributed by atoms with van der Waals surface area (Å²) in [6.07, 6.45) is 0. The smallest absolute Gasteiger partial charge is 0.0991 e. The van der Waals surface area contributed by atoms with Gasteiger partial charge in [-0.15, -0.1) is 0 Å². The van der Waals surface area contributed by atoms with Crippen molar-refractivity contribution in [2.24, 2.45) is 0 Å². The zero-order valence-corrected chi connectivity index (χ0v) is 10.9. The Morgan fingerprint density at radius 1 is 1.12 bits per heavy atom. The van der Waals surface area contributed by atoms with Gasteiger partial charge in [-0.05, 0) is 38.5 Å². The summed E-state index contributed by atoms with van der Waals surface area (Å²) >= 11 is 0. The van der Waals surface area contributed by atoms with E-state index in [0.29, 0.717) is 5.56 Å². The summed E-state index contributed by atoms with van der Waals surface area (Å²) in [5, 5.41) is 15.5. The number of nitriles is 1. The van der Waals surface area contributed by atoms with Crippen LogP contribution in [0, 0.1) is 11.3 Å². The molecule has 0 aliphatic rings. The highest BCUT2D eigenvalue weighted by atomic mass is 15.0. The molecule has 1 rings (SSSR count). The average Bonchev–Trinajstić information content (AvgIpc) is 2.28. The molecule has 0 atom stereocenters. The Balaban J connectivity index is 2.20. The monoisotopic (exact) mass is 231 g/mol. The van der Waals surface area contributed by atoms with Crippen LogP contribution in [0.4, 0.5) is 0 Å². The van der Waals surface area contributed by atoms with E-state index in [1.54, 1.807) is 0 Å². The first-order chi connectivity index (χ1) is 8.01. The van der Waals surface area contributed by atoms with E-state index >= 15 is 0 Å². The van der Waals surface area contributed by atoms with Gasteiger partial charge in [-0.2, -0.15) is 5.26 Å². The van der Waals surface area contributed by atoms with Crippen LogP contribution in [-0.4, -0.2) is 18.6 Å². The Kier molecular flexibility index (Phi) is 5.14. The molecule has 0 spiro atoms. The van der Waals surface area contributed by atoms with Gasteiger partial charge in [0.05, 0.1) is 11.6 Å². The summed E-state index contributed by atoms with van der Waals surface area (Å²) in [6, 6.07) is 9.80. The van der Waals surface area contributed by atoms with Gasteiger partial charge in [0.25, 0.3) is 0 Å². The van der Waals surface area contributed by atoms with Crippen molar-refractivity contribution in [2.75, 3.05) is 13.1 Å². The number of nitrogens with zero attached hydrogens (tertiary/aromatic N) is 1. The molecule has 0 amide bonds. The van der Waals surface area contributed by atoms with Crippen molar-refractivity contribution in [3.8, 4) is 6.07 Å². The third-order valence-electron chi connectivity index (χ3n) is 2.37. The van der Waals surface area contributed by atoms with Gasteiger partial charge in [-0.3, -0.25) is 0 Å². The second kappa shape index (κ2) is 6.39. The zero-order valence-electron chi connectivity index (χ0n) is 10.9. The fraction of sp³-hybridized carbons (Fsp3) is 0.500. The fourth-order valence-electron chi connectivity index (χ4n) is 1.46. The van der Waals surface area contributed by atoms with Gasteiger partial charge in [-0.1, -0.05) is 12.1 Å². The molecule has 1 aromatic rings. The summed E-state index contributed by atoms with van der Waals surface area (Å²) in [4.78, 5) is 0. The van der Waals surface area contributed by atoms with Crippen molar-refractivity contribution in [2.45, 2.75) is 32.9 Å². The maximum absolute atomic E-state index is 8.68. The molecule has 0 aliphatic carbocycles. The van der Waals surface area contributed by atoms with E-state index < -0.39 is 0 Å². The van der Waals surface area contributed by atoms with Crippen LogP contribution in [0.2, 0.25) is 0 Å². The highest BCUT2D eigenvalue weighted by Gasteiger charge is 2.06. The number of rotatable bonds is 5. The normalized spacial score (nSPS) is 11.2. The van der Waals surface area contributed by atoms with Crippen LogP contribution in [0.25, 0.3) is 0 Å². The first kappa shape index (κ1) is 13.7. The number of hydrogen-bond acceptors (Lipinski definition) is 3. The van der Waals surface area contributed by atoms with Gasteiger partial charge < -0.3 is 10.6 Å². The molecule has 0 aromatic heterocycles. The summed E-state index contributed by atoms with van der Waals surface area (Å²) < 4.78 is 0. The SMILES string of the molecule is CC(C)(C)NCCNCc1ccc(C#N)cc1. The summed E-state index contributed by atoms with van der Waals surface area (Å²) in [5.74, 6) is 0. The van der Waals surface area contributed by atoms with E-state index in [1.807, 2.05) is 24.3 Å². The van der Waals surface area contributed by atoms with Crippen LogP contribution < -0.4 is 10.6 Å². The van der Waals surface area contributed by atoms with Crippen molar-refractivity contribution >= 4 is 0 Å². The molecule has 0 heterocycles. The molecule has 0 fully saturated rings. The molecular weight excluding hydrogens is 210 g/mol. The Hall–Kier alpha value is -1.37. The minimum atomic E-state index is 0.177. The Labute approximate surface area is 104 Å². The van der Waals surface area contributed by atoms with Crippen molar-refractivity contribution in [3.05, 3.63) is 35.4 Å². The standard InChI is InChI=1S/C14H21N3/c1-14(2,3)17-9-8-16-11-13-6-4-12(10-15)5-7-13/h4-7,16-17H,8-9,11H2,1-3H3. The first-order valence-electron chi connectivity index (χ1n) is 5.96. The first-order valence-corrected chi connectivity index (χ1v) is 5.96. The second-order valence-electron chi connectivity index (χ2n) is 5.16. The topological polar surface area (TPSA) is 47.8 Å². The van der Waals surface area contributed by atoms with Crippen molar-refractivity contribution in [1.82, 2.24) is 10.6 Å². The predicted molar refractivity (Wildman–Crippen MR) is 70.6 cm³/mol. The van der Waals surface area contributed by atoms with E-state index in [4.69, 9.17) is 5.26 Å².